The molecule has 0 bridgehead atoms. The molecule has 0 spiro atoms. The second-order valence-electron chi connectivity index (χ2n) is 10.9. The van der Waals surface area contributed by atoms with E-state index in [1.807, 2.05) is 71.6 Å². The predicted octanol–water partition coefficient (Wildman–Crippen LogP) is 4.86. The van der Waals surface area contributed by atoms with E-state index in [4.69, 9.17) is 27.1 Å². The Morgan fingerprint density at radius 1 is 1.00 bits per heavy atom. The summed E-state index contributed by atoms with van der Waals surface area (Å²) in [5.74, 6) is 1.06. The number of amides is 2. The van der Waals surface area contributed by atoms with E-state index < -0.39 is 17.6 Å². The van der Waals surface area contributed by atoms with Gasteiger partial charge in [-0.1, -0.05) is 84.4 Å². The minimum atomic E-state index is -0.555. The molecule has 1 fully saturated rings. The SMILES string of the molecule is COC1(c2ccccc2-c2ccccc2Cl)CCN(C(=O)C2Cc3c(NCC(N)=O)nc(-c4ccccc4)nc3N2)CC1. The number of methoxy groups -OCH3 is 1. The van der Waals surface area contributed by atoms with Crippen molar-refractivity contribution in [2.45, 2.75) is 30.9 Å². The van der Waals surface area contributed by atoms with Crippen molar-refractivity contribution in [2.75, 3.05) is 37.4 Å². The van der Waals surface area contributed by atoms with Crippen LogP contribution in [0, 0.1) is 0 Å². The lowest BCUT2D eigenvalue weighted by Crippen LogP contribution is -2.50. The molecule has 2 aliphatic rings. The Morgan fingerprint density at radius 3 is 2.37 bits per heavy atom. The summed E-state index contributed by atoms with van der Waals surface area (Å²) in [7, 11) is 1.74. The lowest BCUT2D eigenvalue weighted by atomic mass is 9.80. The van der Waals surface area contributed by atoms with Crippen molar-refractivity contribution in [3.63, 3.8) is 0 Å². The number of likely N-dealkylation sites (tertiary alicyclic amines) is 1. The van der Waals surface area contributed by atoms with Gasteiger partial charge < -0.3 is 26.0 Å². The van der Waals surface area contributed by atoms with Crippen LogP contribution in [-0.2, 0) is 26.3 Å². The number of benzene rings is 3. The van der Waals surface area contributed by atoms with Gasteiger partial charge in [-0.25, -0.2) is 9.97 Å². The topological polar surface area (TPSA) is 122 Å². The molecule has 1 atom stereocenters. The molecular formula is C33H33ClN6O3. The zero-order valence-electron chi connectivity index (χ0n) is 23.8. The minimum Gasteiger partial charge on any atom is -0.373 e. The van der Waals surface area contributed by atoms with Crippen LogP contribution in [0.4, 0.5) is 11.6 Å². The third kappa shape index (κ3) is 5.66. The fourth-order valence-electron chi connectivity index (χ4n) is 6.09. The molecule has 220 valence electrons. The molecule has 1 unspecified atom stereocenters. The van der Waals surface area contributed by atoms with Gasteiger partial charge in [0, 0.05) is 48.3 Å². The normalized spacial score (nSPS) is 17.2. The molecule has 9 nitrogen and oxygen atoms in total. The number of anilines is 2. The maximum atomic E-state index is 13.8. The summed E-state index contributed by atoms with van der Waals surface area (Å²) in [5.41, 5.74) is 9.49. The van der Waals surface area contributed by atoms with Crippen LogP contribution < -0.4 is 16.4 Å². The van der Waals surface area contributed by atoms with Gasteiger partial charge in [-0.3, -0.25) is 9.59 Å². The highest BCUT2D eigenvalue weighted by molar-refractivity contribution is 6.33. The number of primary amides is 1. The number of carbonyl (C=O) groups is 2. The minimum absolute atomic E-state index is 0.01000. The Bertz CT molecular complexity index is 1660. The molecule has 43 heavy (non-hydrogen) atoms. The summed E-state index contributed by atoms with van der Waals surface area (Å²) in [6.45, 7) is 0.995. The van der Waals surface area contributed by atoms with Crippen molar-refractivity contribution in [1.29, 1.82) is 0 Å². The van der Waals surface area contributed by atoms with Crippen LogP contribution >= 0.6 is 11.6 Å². The summed E-state index contributed by atoms with van der Waals surface area (Å²) in [6, 6.07) is 25.1. The van der Waals surface area contributed by atoms with Crippen molar-refractivity contribution < 1.29 is 14.3 Å². The highest BCUT2D eigenvalue weighted by Gasteiger charge is 2.42. The number of nitrogens with zero attached hydrogens (tertiary/aromatic N) is 3. The number of rotatable bonds is 8. The average Bonchev–Trinajstić information content (AvgIpc) is 3.48. The highest BCUT2D eigenvalue weighted by Crippen LogP contribution is 2.43. The van der Waals surface area contributed by atoms with Gasteiger partial charge in [-0.15, -0.1) is 0 Å². The number of halogens is 1. The van der Waals surface area contributed by atoms with Crippen LogP contribution in [0.15, 0.2) is 78.9 Å². The van der Waals surface area contributed by atoms with Crippen LogP contribution in [0.5, 0.6) is 0 Å². The first kappa shape index (κ1) is 28.6. The average molecular weight is 597 g/mol. The summed E-state index contributed by atoms with van der Waals surface area (Å²) < 4.78 is 6.23. The van der Waals surface area contributed by atoms with E-state index in [1.54, 1.807) is 7.11 Å². The number of carbonyl (C=O) groups excluding carboxylic acids is 2. The van der Waals surface area contributed by atoms with Gasteiger partial charge in [0.25, 0.3) is 0 Å². The zero-order valence-corrected chi connectivity index (χ0v) is 24.6. The first-order valence-corrected chi connectivity index (χ1v) is 14.7. The summed E-state index contributed by atoms with van der Waals surface area (Å²) in [6.07, 6.45) is 1.67. The third-order valence-electron chi connectivity index (χ3n) is 8.34. The summed E-state index contributed by atoms with van der Waals surface area (Å²) in [4.78, 5) is 36.7. The van der Waals surface area contributed by atoms with Crippen molar-refractivity contribution in [2.24, 2.45) is 5.73 Å². The zero-order chi connectivity index (χ0) is 30.0. The van der Waals surface area contributed by atoms with Crippen molar-refractivity contribution in [1.82, 2.24) is 14.9 Å². The number of nitrogens with two attached hydrogens (primary N) is 1. The molecule has 1 aromatic heterocycles. The van der Waals surface area contributed by atoms with E-state index in [-0.39, 0.29) is 12.5 Å². The number of hydrogen-bond acceptors (Lipinski definition) is 7. The molecule has 3 heterocycles. The summed E-state index contributed by atoms with van der Waals surface area (Å²) >= 11 is 6.59. The Morgan fingerprint density at radius 2 is 1.67 bits per heavy atom. The van der Waals surface area contributed by atoms with Gasteiger partial charge in [0.2, 0.25) is 11.8 Å². The largest absolute Gasteiger partial charge is 0.373 e. The molecule has 2 amide bonds. The second-order valence-corrected chi connectivity index (χ2v) is 11.3. The molecular weight excluding hydrogens is 564 g/mol. The second kappa shape index (κ2) is 12.0. The quantitative estimate of drug-likeness (QED) is 0.265. The molecule has 2 aliphatic heterocycles. The molecule has 4 N–H and O–H groups in total. The lowest BCUT2D eigenvalue weighted by Gasteiger charge is -2.42. The van der Waals surface area contributed by atoms with Crippen LogP contribution in [0.2, 0.25) is 5.02 Å². The van der Waals surface area contributed by atoms with Crippen molar-refractivity contribution in [3.05, 3.63) is 95.0 Å². The number of piperidine rings is 1. The molecule has 0 radical (unpaired) electrons. The molecule has 4 aromatic rings. The molecule has 0 aliphatic carbocycles. The number of aromatic nitrogens is 2. The fraction of sp³-hybridized carbons (Fsp3) is 0.273. The monoisotopic (exact) mass is 596 g/mol. The van der Waals surface area contributed by atoms with Crippen molar-refractivity contribution >= 4 is 35.1 Å². The third-order valence-corrected chi connectivity index (χ3v) is 8.67. The number of nitrogens with one attached hydrogen (secondary N) is 2. The molecule has 1 saturated heterocycles. The van der Waals surface area contributed by atoms with Gasteiger partial charge in [0.05, 0.1) is 12.1 Å². The van der Waals surface area contributed by atoms with Crippen LogP contribution in [0.25, 0.3) is 22.5 Å². The fourth-order valence-corrected chi connectivity index (χ4v) is 6.32. The molecule has 0 saturated carbocycles. The van der Waals surface area contributed by atoms with Crippen LogP contribution in [-0.4, -0.2) is 59.5 Å². The van der Waals surface area contributed by atoms with E-state index in [2.05, 4.69) is 27.8 Å². The van der Waals surface area contributed by atoms with Gasteiger partial charge in [0.15, 0.2) is 5.82 Å². The molecule has 3 aromatic carbocycles. The summed E-state index contributed by atoms with van der Waals surface area (Å²) in [5, 5.41) is 7.05. The van der Waals surface area contributed by atoms with Crippen LogP contribution in [0.1, 0.15) is 24.0 Å². The first-order valence-electron chi connectivity index (χ1n) is 14.3. The smallest absolute Gasteiger partial charge is 0.245 e. The first-order chi connectivity index (χ1) is 20.9. The number of fused-ring (bicyclic) bond motifs is 1. The molecule has 6 rings (SSSR count). The van der Waals surface area contributed by atoms with Gasteiger partial charge in [-0.05, 0) is 30.0 Å². The standard InChI is InChI=1S/C33H33ClN6O3/c1-43-33(25-13-7-5-11-22(25)23-12-6-8-14-26(23)34)15-17-40(18-16-33)32(42)27-19-24-30(36-20-28(35)41)38-29(39-31(24)37-27)21-9-3-2-4-10-21/h2-14,27H,15-20H2,1H3,(H2,35,41)(H2,36,37,38,39). The van der Waals surface area contributed by atoms with Crippen LogP contribution in [0.3, 0.4) is 0 Å². The highest BCUT2D eigenvalue weighted by atomic mass is 35.5. The van der Waals surface area contributed by atoms with E-state index in [0.29, 0.717) is 54.8 Å². The lowest BCUT2D eigenvalue weighted by molar-refractivity contribution is -0.138. The number of hydrogen-bond donors (Lipinski definition) is 3. The molecule has 10 heteroatoms. The number of ether oxygens (including phenoxy) is 1. The Hall–Kier alpha value is -4.47. The van der Waals surface area contributed by atoms with Gasteiger partial charge in [0.1, 0.15) is 17.7 Å². The van der Waals surface area contributed by atoms with Crippen molar-refractivity contribution in [3.8, 4) is 22.5 Å². The predicted molar refractivity (Wildman–Crippen MR) is 168 cm³/mol. The Kier molecular flexibility index (Phi) is 8.01. The van der Waals surface area contributed by atoms with E-state index in [9.17, 15) is 9.59 Å². The van der Waals surface area contributed by atoms with E-state index in [0.717, 1.165) is 27.8 Å². The van der Waals surface area contributed by atoms with Gasteiger partial charge in [-0.2, -0.15) is 0 Å². The maximum Gasteiger partial charge on any atom is 0.245 e. The van der Waals surface area contributed by atoms with E-state index in [1.165, 1.54) is 0 Å². The Labute approximate surface area is 255 Å². The van der Waals surface area contributed by atoms with E-state index >= 15 is 0 Å². The maximum absolute atomic E-state index is 13.8. The Balaban J connectivity index is 1.21. The van der Waals surface area contributed by atoms with Gasteiger partial charge >= 0.3 is 0 Å².